The highest BCUT2D eigenvalue weighted by Crippen LogP contribution is 2.46. The van der Waals surface area contributed by atoms with Gasteiger partial charge in [-0.15, -0.1) is 0 Å². The van der Waals surface area contributed by atoms with Crippen LogP contribution in [0.3, 0.4) is 0 Å². The topological polar surface area (TPSA) is 96.0 Å². The number of hydrogen-bond donors (Lipinski definition) is 2. The van der Waals surface area contributed by atoms with E-state index in [9.17, 15) is 14.7 Å². The molecule has 2 unspecified atom stereocenters. The lowest BCUT2D eigenvalue weighted by molar-refractivity contribution is -0.142. The van der Waals surface area contributed by atoms with Crippen molar-refractivity contribution >= 4 is 17.8 Å². The van der Waals surface area contributed by atoms with Gasteiger partial charge in [-0.25, -0.2) is 4.99 Å². The highest BCUT2D eigenvalue weighted by Gasteiger charge is 2.54. The number of carbonyl (C=O) groups excluding carboxylic acids is 1. The number of aliphatic carboxylic acids is 1. The molecule has 2 aliphatic rings. The second-order valence-electron chi connectivity index (χ2n) is 7.09. The van der Waals surface area contributed by atoms with Gasteiger partial charge >= 0.3 is 5.97 Å². The van der Waals surface area contributed by atoms with E-state index >= 15 is 0 Å². The van der Waals surface area contributed by atoms with Crippen LogP contribution in [0, 0.1) is 11.8 Å². The lowest BCUT2D eigenvalue weighted by Crippen LogP contribution is -2.48. The molecule has 25 heavy (non-hydrogen) atoms. The summed E-state index contributed by atoms with van der Waals surface area (Å²) in [6.07, 6.45) is 5.19. The molecule has 134 valence electrons. The van der Waals surface area contributed by atoms with Gasteiger partial charge in [0.05, 0.1) is 5.92 Å². The minimum atomic E-state index is -1.01. The Morgan fingerprint density at radius 3 is 2.56 bits per heavy atom. The van der Waals surface area contributed by atoms with Gasteiger partial charge in [-0.05, 0) is 24.3 Å². The average Bonchev–Trinajstić information content (AvgIpc) is 2.88. The standard InChI is InChI=1S/C19H25N3O3/c1-13(16(23)24)12-22-17(25)19(21-18(22)20,14-8-4-2-5-9-14)15-10-6-3-7-11-15/h2,4-5,8-9,13,15H,3,6-7,10-12H2,1H3,(H2,20,21)(H,23,24). The Kier molecular flexibility index (Phi) is 4.79. The molecule has 3 rings (SSSR count). The van der Waals surface area contributed by atoms with E-state index in [1.807, 2.05) is 30.3 Å². The van der Waals surface area contributed by atoms with E-state index in [1.54, 1.807) is 6.92 Å². The summed E-state index contributed by atoms with van der Waals surface area (Å²) in [4.78, 5) is 30.7. The SMILES string of the molecule is CC(CN1C(=O)C(c2ccccc2)(C2CCCCC2)N=C1N)C(=O)O. The molecule has 3 N–H and O–H groups in total. The van der Waals surface area contributed by atoms with Crippen molar-refractivity contribution in [3.05, 3.63) is 35.9 Å². The van der Waals surface area contributed by atoms with Crippen LogP contribution in [0.2, 0.25) is 0 Å². The molecule has 1 aliphatic heterocycles. The molecular formula is C19H25N3O3. The molecule has 1 fully saturated rings. The molecule has 0 spiro atoms. The summed E-state index contributed by atoms with van der Waals surface area (Å²) in [5, 5.41) is 9.19. The number of rotatable bonds is 5. The zero-order valence-corrected chi connectivity index (χ0v) is 14.5. The third-order valence-electron chi connectivity index (χ3n) is 5.43. The Hall–Kier alpha value is -2.37. The molecule has 1 amide bonds. The van der Waals surface area contributed by atoms with Crippen molar-refractivity contribution in [3.8, 4) is 0 Å². The van der Waals surface area contributed by atoms with Crippen LogP contribution >= 0.6 is 0 Å². The molecule has 0 radical (unpaired) electrons. The molecule has 6 heteroatoms. The summed E-state index contributed by atoms with van der Waals surface area (Å²) in [5.41, 5.74) is 5.94. The van der Waals surface area contributed by atoms with Gasteiger partial charge in [0, 0.05) is 6.54 Å². The first-order valence-corrected chi connectivity index (χ1v) is 8.92. The predicted octanol–water partition coefficient (Wildman–Crippen LogP) is 2.34. The lowest BCUT2D eigenvalue weighted by atomic mass is 9.71. The van der Waals surface area contributed by atoms with Crippen LogP contribution < -0.4 is 5.73 Å². The second kappa shape index (κ2) is 6.86. The number of carbonyl (C=O) groups is 2. The molecule has 0 aromatic heterocycles. The minimum absolute atomic E-state index is 0.0464. The fourth-order valence-electron chi connectivity index (χ4n) is 4.03. The molecule has 1 aromatic carbocycles. The van der Waals surface area contributed by atoms with Crippen LogP contribution in [-0.4, -0.2) is 34.4 Å². The smallest absolute Gasteiger partial charge is 0.308 e. The first-order valence-electron chi connectivity index (χ1n) is 8.92. The van der Waals surface area contributed by atoms with Gasteiger partial charge in [0.2, 0.25) is 0 Å². The maximum atomic E-state index is 13.4. The summed E-state index contributed by atoms with van der Waals surface area (Å²) in [6, 6.07) is 9.57. The van der Waals surface area contributed by atoms with E-state index in [2.05, 4.69) is 4.99 Å². The maximum absolute atomic E-state index is 13.4. The number of nitrogens with two attached hydrogens (primary N) is 1. The summed E-state index contributed by atoms with van der Waals surface area (Å²) in [5.74, 6) is -1.60. The summed E-state index contributed by atoms with van der Waals surface area (Å²) in [6.45, 7) is 1.62. The minimum Gasteiger partial charge on any atom is -0.481 e. The third kappa shape index (κ3) is 3.01. The van der Waals surface area contributed by atoms with Crippen molar-refractivity contribution in [2.45, 2.75) is 44.6 Å². The van der Waals surface area contributed by atoms with E-state index in [0.29, 0.717) is 0 Å². The van der Waals surface area contributed by atoms with Gasteiger partial charge < -0.3 is 10.8 Å². The van der Waals surface area contributed by atoms with Gasteiger partial charge in [0.15, 0.2) is 11.5 Å². The van der Waals surface area contributed by atoms with Crippen LogP contribution in [0.25, 0.3) is 0 Å². The number of benzene rings is 1. The van der Waals surface area contributed by atoms with Crippen molar-refractivity contribution < 1.29 is 14.7 Å². The molecule has 1 aliphatic carbocycles. The van der Waals surface area contributed by atoms with E-state index in [0.717, 1.165) is 31.2 Å². The lowest BCUT2D eigenvalue weighted by Gasteiger charge is -2.36. The van der Waals surface area contributed by atoms with Crippen molar-refractivity contribution in [3.63, 3.8) is 0 Å². The van der Waals surface area contributed by atoms with Crippen LogP contribution in [-0.2, 0) is 15.1 Å². The first-order chi connectivity index (χ1) is 12.0. The highest BCUT2D eigenvalue weighted by atomic mass is 16.4. The summed E-state index contributed by atoms with van der Waals surface area (Å²) < 4.78 is 0. The second-order valence-corrected chi connectivity index (χ2v) is 7.09. The molecule has 6 nitrogen and oxygen atoms in total. The molecular weight excluding hydrogens is 318 g/mol. The number of guanidine groups is 1. The van der Waals surface area contributed by atoms with Crippen molar-refractivity contribution in [1.29, 1.82) is 0 Å². The van der Waals surface area contributed by atoms with Gasteiger partial charge in [-0.3, -0.25) is 14.5 Å². The Morgan fingerprint density at radius 1 is 1.32 bits per heavy atom. The van der Waals surface area contributed by atoms with Crippen molar-refractivity contribution in [2.75, 3.05) is 6.54 Å². The largest absolute Gasteiger partial charge is 0.481 e. The third-order valence-corrected chi connectivity index (χ3v) is 5.43. The van der Waals surface area contributed by atoms with Crippen LogP contribution in [0.15, 0.2) is 35.3 Å². The Labute approximate surface area is 147 Å². The monoisotopic (exact) mass is 343 g/mol. The van der Waals surface area contributed by atoms with Crippen molar-refractivity contribution in [1.82, 2.24) is 4.90 Å². The summed E-state index contributed by atoms with van der Waals surface area (Å²) in [7, 11) is 0. The summed E-state index contributed by atoms with van der Waals surface area (Å²) >= 11 is 0. The quantitative estimate of drug-likeness (QED) is 0.857. The molecule has 0 saturated heterocycles. The van der Waals surface area contributed by atoms with E-state index in [-0.39, 0.29) is 24.3 Å². The van der Waals surface area contributed by atoms with Crippen molar-refractivity contribution in [2.24, 2.45) is 22.6 Å². The molecule has 1 heterocycles. The Balaban J connectivity index is 2.01. The van der Waals surface area contributed by atoms with Gasteiger partial charge in [-0.2, -0.15) is 0 Å². The number of carboxylic acids is 1. The van der Waals surface area contributed by atoms with Crippen LogP contribution in [0.5, 0.6) is 0 Å². The average molecular weight is 343 g/mol. The maximum Gasteiger partial charge on any atom is 0.308 e. The van der Waals surface area contributed by atoms with Crippen LogP contribution in [0.4, 0.5) is 0 Å². The number of hydrogen-bond acceptors (Lipinski definition) is 4. The molecule has 2 atom stereocenters. The molecule has 0 bridgehead atoms. The van der Waals surface area contributed by atoms with E-state index < -0.39 is 17.4 Å². The van der Waals surface area contributed by atoms with Gasteiger partial charge in [0.1, 0.15) is 0 Å². The van der Waals surface area contributed by atoms with E-state index in [1.165, 1.54) is 11.3 Å². The highest BCUT2D eigenvalue weighted by molar-refractivity contribution is 6.07. The number of amides is 1. The van der Waals surface area contributed by atoms with Crippen LogP contribution in [0.1, 0.15) is 44.6 Å². The Morgan fingerprint density at radius 2 is 1.96 bits per heavy atom. The zero-order valence-electron chi connectivity index (χ0n) is 14.5. The normalized spacial score (nSPS) is 25.7. The predicted molar refractivity (Wildman–Crippen MR) is 94.8 cm³/mol. The van der Waals surface area contributed by atoms with Gasteiger partial charge in [-0.1, -0.05) is 56.5 Å². The fraction of sp³-hybridized carbons (Fsp3) is 0.526. The number of aliphatic imine (C=N–C) groups is 1. The molecule has 1 saturated carbocycles. The number of nitrogens with zero attached hydrogens (tertiary/aromatic N) is 2. The fourth-order valence-corrected chi connectivity index (χ4v) is 4.03. The Bertz CT molecular complexity index is 682. The van der Waals surface area contributed by atoms with E-state index in [4.69, 9.17) is 5.73 Å². The van der Waals surface area contributed by atoms with Gasteiger partial charge in [0.25, 0.3) is 5.91 Å². The zero-order chi connectivity index (χ0) is 18.0. The number of carboxylic acid groups (broad SMARTS) is 1. The first kappa shape index (κ1) is 17.5. The molecule has 1 aromatic rings.